The second kappa shape index (κ2) is 8.71. The summed E-state index contributed by atoms with van der Waals surface area (Å²) < 4.78 is 57.4. The van der Waals surface area contributed by atoms with Gasteiger partial charge in [0.1, 0.15) is 11.9 Å². The fraction of sp³-hybridized carbons (Fsp3) is 0.435. The molecule has 32 heavy (non-hydrogen) atoms. The normalized spacial score (nSPS) is 21.6. The molecule has 0 aromatic heterocycles. The van der Waals surface area contributed by atoms with Crippen LogP contribution in [0, 0.1) is 5.82 Å². The van der Waals surface area contributed by atoms with Crippen molar-refractivity contribution in [1.29, 1.82) is 0 Å². The summed E-state index contributed by atoms with van der Waals surface area (Å²) in [6.45, 7) is 2.08. The van der Waals surface area contributed by atoms with Gasteiger partial charge in [-0.2, -0.15) is 13.2 Å². The molecule has 172 valence electrons. The summed E-state index contributed by atoms with van der Waals surface area (Å²) in [5, 5.41) is 10.9. The van der Waals surface area contributed by atoms with E-state index in [1.807, 2.05) is 0 Å². The predicted molar refractivity (Wildman–Crippen MR) is 110 cm³/mol. The number of ether oxygens (including phenoxy) is 1. The molecule has 2 aliphatic heterocycles. The van der Waals surface area contributed by atoms with E-state index in [9.17, 15) is 27.5 Å². The highest BCUT2D eigenvalue weighted by molar-refractivity contribution is 5.89. The minimum absolute atomic E-state index is 0.162. The van der Waals surface area contributed by atoms with Gasteiger partial charge >= 0.3 is 12.3 Å². The molecule has 9 heteroatoms. The smallest absolute Gasteiger partial charge is 0.416 e. The van der Waals surface area contributed by atoms with Crippen molar-refractivity contribution in [3.8, 4) is 0 Å². The number of nitrogens with zero attached hydrogens (tertiary/aromatic N) is 2. The van der Waals surface area contributed by atoms with Gasteiger partial charge in [-0.1, -0.05) is 18.2 Å². The van der Waals surface area contributed by atoms with Crippen molar-refractivity contribution in [2.24, 2.45) is 0 Å². The standard InChI is InChI=1S/C23H24F4N2O3/c24-18-6-4-16(5-7-18)22(31)9-12-28(13-10-22)11-8-20-15-29(21(30)32-20)19-3-1-2-17(14-19)23(25,26)27/h1-7,14,20,31H,8-13,15H2. The van der Waals surface area contributed by atoms with Gasteiger partial charge in [0.25, 0.3) is 0 Å². The van der Waals surface area contributed by atoms with Crippen molar-refractivity contribution in [3.63, 3.8) is 0 Å². The van der Waals surface area contributed by atoms with E-state index in [0.29, 0.717) is 44.5 Å². The third-order valence-electron chi connectivity index (χ3n) is 6.19. The van der Waals surface area contributed by atoms with Crippen LogP contribution in [0.5, 0.6) is 0 Å². The summed E-state index contributed by atoms with van der Waals surface area (Å²) >= 11 is 0. The number of alkyl halides is 3. The van der Waals surface area contributed by atoms with Gasteiger partial charge < -0.3 is 14.7 Å². The number of carbonyl (C=O) groups is 1. The van der Waals surface area contributed by atoms with Crippen LogP contribution in [0.25, 0.3) is 0 Å². The molecule has 0 saturated carbocycles. The molecule has 2 heterocycles. The van der Waals surface area contributed by atoms with E-state index in [0.717, 1.165) is 12.1 Å². The van der Waals surface area contributed by atoms with Gasteiger partial charge in [0, 0.05) is 25.3 Å². The van der Waals surface area contributed by atoms with Crippen LogP contribution in [0.1, 0.15) is 30.4 Å². The van der Waals surface area contributed by atoms with Gasteiger partial charge in [-0.25, -0.2) is 9.18 Å². The lowest BCUT2D eigenvalue weighted by atomic mass is 9.84. The Morgan fingerprint density at radius 1 is 1.09 bits per heavy atom. The number of anilines is 1. The fourth-order valence-electron chi connectivity index (χ4n) is 4.25. The quantitative estimate of drug-likeness (QED) is 0.677. The molecule has 0 radical (unpaired) electrons. The molecule has 2 aromatic carbocycles. The second-order valence-corrected chi connectivity index (χ2v) is 8.33. The summed E-state index contributed by atoms with van der Waals surface area (Å²) in [4.78, 5) is 15.6. The monoisotopic (exact) mass is 452 g/mol. The van der Waals surface area contributed by atoms with Crippen LogP contribution in [0.3, 0.4) is 0 Å². The molecule has 5 nitrogen and oxygen atoms in total. The summed E-state index contributed by atoms with van der Waals surface area (Å²) in [6, 6.07) is 10.5. The van der Waals surface area contributed by atoms with E-state index < -0.39 is 29.5 Å². The molecule has 1 atom stereocenters. The number of hydrogen-bond donors (Lipinski definition) is 1. The van der Waals surface area contributed by atoms with Crippen LogP contribution in [-0.4, -0.2) is 48.4 Å². The van der Waals surface area contributed by atoms with Crippen molar-refractivity contribution in [3.05, 3.63) is 65.5 Å². The van der Waals surface area contributed by atoms with E-state index >= 15 is 0 Å². The van der Waals surface area contributed by atoms with Crippen LogP contribution in [-0.2, 0) is 16.5 Å². The topological polar surface area (TPSA) is 53.0 Å². The molecule has 0 bridgehead atoms. The Morgan fingerprint density at radius 3 is 2.44 bits per heavy atom. The van der Waals surface area contributed by atoms with Crippen molar-refractivity contribution in [2.75, 3.05) is 31.1 Å². The minimum Gasteiger partial charge on any atom is -0.444 e. The van der Waals surface area contributed by atoms with Crippen LogP contribution in [0.2, 0.25) is 0 Å². The maximum absolute atomic E-state index is 13.1. The molecule has 2 aromatic rings. The van der Waals surface area contributed by atoms with Gasteiger partial charge in [-0.15, -0.1) is 0 Å². The first-order valence-corrected chi connectivity index (χ1v) is 10.5. The zero-order valence-electron chi connectivity index (χ0n) is 17.3. The average molecular weight is 452 g/mol. The van der Waals surface area contributed by atoms with Gasteiger partial charge in [-0.3, -0.25) is 4.90 Å². The Morgan fingerprint density at radius 2 is 1.78 bits per heavy atom. The first-order chi connectivity index (χ1) is 15.1. The number of amides is 1. The molecule has 1 N–H and O–H groups in total. The predicted octanol–water partition coefficient (Wildman–Crippen LogP) is 4.54. The molecule has 1 unspecified atom stereocenters. The van der Waals surface area contributed by atoms with E-state index in [4.69, 9.17) is 4.74 Å². The number of halogens is 4. The lowest BCUT2D eigenvalue weighted by Crippen LogP contribution is -2.43. The molecule has 4 rings (SSSR count). The van der Waals surface area contributed by atoms with E-state index in [1.54, 1.807) is 12.1 Å². The number of rotatable bonds is 5. The Kier molecular flexibility index (Phi) is 6.13. The van der Waals surface area contributed by atoms with Crippen molar-refractivity contribution in [1.82, 2.24) is 4.90 Å². The zero-order valence-corrected chi connectivity index (χ0v) is 17.3. The highest BCUT2D eigenvalue weighted by Gasteiger charge is 2.37. The van der Waals surface area contributed by atoms with E-state index in [1.165, 1.54) is 29.2 Å². The van der Waals surface area contributed by atoms with E-state index in [2.05, 4.69) is 4.90 Å². The van der Waals surface area contributed by atoms with Crippen LogP contribution >= 0.6 is 0 Å². The van der Waals surface area contributed by atoms with Crippen LogP contribution in [0.15, 0.2) is 48.5 Å². The number of aliphatic hydroxyl groups is 1. The third-order valence-corrected chi connectivity index (χ3v) is 6.19. The number of hydrogen-bond acceptors (Lipinski definition) is 4. The van der Waals surface area contributed by atoms with Gasteiger partial charge in [-0.05, 0) is 55.2 Å². The first-order valence-electron chi connectivity index (χ1n) is 10.5. The average Bonchev–Trinajstić information content (AvgIpc) is 3.14. The lowest BCUT2D eigenvalue weighted by molar-refractivity contribution is -0.137. The lowest BCUT2D eigenvalue weighted by Gasteiger charge is -2.38. The summed E-state index contributed by atoms with van der Waals surface area (Å²) in [5.74, 6) is -0.347. The maximum Gasteiger partial charge on any atom is 0.416 e. The van der Waals surface area contributed by atoms with Crippen molar-refractivity contribution in [2.45, 2.75) is 37.1 Å². The number of carbonyl (C=O) groups excluding carboxylic acids is 1. The number of benzene rings is 2. The SMILES string of the molecule is O=C1OC(CCN2CCC(O)(c3ccc(F)cc3)CC2)CN1c1cccc(C(F)(F)F)c1. The zero-order chi connectivity index (χ0) is 22.9. The Labute approximate surface area is 183 Å². The maximum atomic E-state index is 13.1. The third kappa shape index (κ3) is 4.88. The Hall–Kier alpha value is -2.65. The van der Waals surface area contributed by atoms with Crippen LogP contribution < -0.4 is 4.90 Å². The minimum atomic E-state index is -4.48. The molecule has 2 fully saturated rings. The molecule has 2 saturated heterocycles. The highest BCUT2D eigenvalue weighted by Crippen LogP contribution is 2.34. The number of cyclic esters (lactones) is 1. The van der Waals surface area contributed by atoms with Crippen molar-refractivity contribution < 1.29 is 32.2 Å². The molecular weight excluding hydrogens is 428 g/mol. The Balaban J connectivity index is 1.29. The largest absolute Gasteiger partial charge is 0.444 e. The van der Waals surface area contributed by atoms with Crippen molar-refractivity contribution >= 4 is 11.8 Å². The molecule has 0 spiro atoms. The molecule has 2 aliphatic rings. The summed E-state index contributed by atoms with van der Waals surface area (Å²) in [5.41, 5.74) is -0.951. The van der Waals surface area contributed by atoms with E-state index in [-0.39, 0.29) is 18.0 Å². The molecule has 0 aliphatic carbocycles. The number of likely N-dealkylation sites (tertiary alicyclic amines) is 1. The van der Waals surface area contributed by atoms with Crippen LogP contribution in [0.4, 0.5) is 28.0 Å². The highest BCUT2D eigenvalue weighted by atomic mass is 19.4. The fourth-order valence-corrected chi connectivity index (χ4v) is 4.25. The van der Waals surface area contributed by atoms with Gasteiger partial charge in [0.2, 0.25) is 0 Å². The second-order valence-electron chi connectivity index (χ2n) is 8.33. The molecule has 1 amide bonds. The summed E-state index contributed by atoms with van der Waals surface area (Å²) in [6.07, 6.45) is -4.02. The summed E-state index contributed by atoms with van der Waals surface area (Å²) in [7, 11) is 0. The Bertz CT molecular complexity index is 956. The molecular formula is C23H24F4N2O3. The first kappa shape index (κ1) is 22.5. The van der Waals surface area contributed by atoms with Gasteiger partial charge in [0.15, 0.2) is 0 Å². The number of piperidine rings is 1. The van der Waals surface area contributed by atoms with Gasteiger partial charge in [0.05, 0.1) is 17.7 Å².